The Morgan fingerprint density at radius 3 is 2.85 bits per heavy atom. The van der Waals surface area contributed by atoms with Gasteiger partial charge in [-0.05, 0) is 30.2 Å². The second-order valence-corrected chi connectivity index (χ2v) is 4.86. The molecular weight excluding hydrogens is 254 g/mol. The highest BCUT2D eigenvalue weighted by Crippen LogP contribution is 2.31. The van der Waals surface area contributed by atoms with Crippen LogP contribution >= 0.6 is 0 Å². The highest BCUT2D eigenvalue weighted by molar-refractivity contribution is 5.45. The molecule has 1 aromatic heterocycles. The van der Waals surface area contributed by atoms with Crippen LogP contribution in [0.1, 0.15) is 5.56 Å². The van der Waals surface area contributed by atoms with Crippen LogP contribution in [0.25, 0.3) is 0 Å². The number of fused-ring (bicyclic) bond motifs is 1. The average Bonchev–Trinajstić information content (AvgIpc) is 2.49. The van der Waals surface area contributed by atoms with Crippen LogP contribution in [0, 0.1) is 0 Å². The van der Waals surface area contributed by atoms with Gasteiger partial charge >= 0.3 is 0 Å². The lowest BCUT2D eigenvalue weighted by atomic mass is 10.0. The third-order valence-corrected chi connectivity index (χ3v) is 3.41. The van der Waals surface area contributed by atoms with Crippen molar-refractivity contribution in [3.05, 3.63) is 48.3 Å². The van der Waals surface area contributed by atoms with Crippen molar-refractivity contribution >= 4 is 5.69 Å². The third kappa shape index (κ3) is 2.53. The van der Waals surface area contributed by atoms with Crippen LogP contribution in [-0.4, -0.2) is 23.7 Å². The number of pyridine rings is 1. The first-order valence-corrected chi connectivity index (χ1v) is 6.56. The van der Waals surface area contributed by atoms with E-state index in [9.17, 15) is 0 Å². The fraction of sp³-hybridized carbons (Fsp3) is 0.267. The van der Waals surface area contributed by atoms with Crippen LogP contribution in [0.4, 0.5) is 5.69 Å². The zero-order valence-corrected chi connectivity index (χ0v) is 11.0. The highest BCUT2D eigenvalue weighted by Gasteiger charge is 2.26. The number of hydrogen-bond donors (Lipinski definition) is 2. The number of aromatic nitrogens is 1. The number of rotatable bonds is 3. The second kappa shape index (κ2) is 5.38. The van der Waals surface area contributed by atoms with Gasteiger partial charge in [0.25, 0.3) is 0 Å². The number of anilines is 1. The molecule has 2 unspecified atom stereocenters. The van der Waals surface area contributed by atoms with Crippen molar-refractivity contribution in [2.45, 2.75) is 18.6 Å². The maximum absolute atomic E-state index is 6.22. The van der Waals surface area contributed by atoms with Crippen molar-refractivity contribution in [2.75, 3.05) is 12.3 Å². The summed E-state index contributed by atoms with van der Waals surface area (Å²) >= 11 is 0. The number of hydrogen-bond acceptors (Lipinski definition) is 5. The van der Waals surface area contributed by atoms with E-state index in [4.69, 9.17) is 20.9 Å². The summed E-state index contributed by atoms with van der Waals surface area (Å²) in [5, 5.41) is 0. The molecule has 0 fully saturated rings. The van der Waals surface area contributed by atoms with Gasteiger partial charge < -0.3 is 20.9 Å². The quantitative estimate of drug-likeness (QED) is 0.881. The highest BCUT2D eigenvalue weighted by atomic mass is 16.6. The summed E-state index contributed by atoms with van der Waals surface area (Å²) in [6.07, 6.45) is 3.83. The molecule has 0 saturated carbocycles. The number of nitrogens with zero attached hydrogens (tertiary/aromatic N) is 1. The van der Waals surface area contributed by atoms with Gasteiger partial charge in [-0.3, -0.25) is 4.98 Å². The molecule has 0 radical (unpaired) electrons. The minimum absolute atomic E-state index is 0.190. The molecule has 2 aromatic rings. The normalized spacial score (nSPS) is 18.6. The maximum atomic E-state index is 6.22. The molecule has 4 N–H and O–H groups in total. The Morgan fingerprint density at radius 1 is 1.25 bits per heavy atom. The molecule has 0 aliphatic carbocycles. The number of para-hydroxylation sites is 2. The van der Waals surface area contributed by atoms with Gasteiger partial charge in [0.1, 0.15) is 12.7 Å². The Kier molecular flexibility index (Phi) is 3.43. The first-order chi connectivity index (χ1) is 9.74. The number of ether oxygens (including phenoxy) is 2. The van der Waals surface area contributed by atoms with Gasteiger partial charge in [-0.15, -0.1) is 0 Å². The lowest BCUT2D eigenvalue weighted by Gasteiger charge is -2.30. The van der Waals surface area contributed by atoms with Crippen molar-refractivity contribution in [1.82, 2.24) is 4.98 Å². The fourth-order valence-electron chi connectivity index (χ4n) is 2.24. The molecule has 0 amide bonds. The summed E-state index contributed by atoms with van der Waals surface area (Å²) in [7, 11) is 0. The van der Waals surface area contributed by atoms with Crippen molar-refractivity contribution in [3.8, 4) is 11.5 Å². The molecule has 2 atom stereocenters. The molecule has 1 aromatic carbocycles. The minimum atomic E-state index is -0.199. The molecule has 20 heavy (non-hydrogen) atoms. The standard InChI is InChI=1S/C15H17N3O2/c16-11-5-6-18-8-10(11)7-12(17)15-9-19-13-3-1-2-4-14(13)20-15/h1-6,8,12,15H,7,9,17H2,(H2,16,18). The van der Waals surface area contributed by atoms with Crippen LogP contribution in [0.15, 0.2) is 42.7 Å². The summed E-state index contributed by atoms with van der Waals surface area (Å²) in [5.74, 6) is 1.50. The van der Waals surface area contributed by atoms with E-state index in [1.54, 1.807) is 18.5 Å². The zero-order valence-electron chi connectivity index (χ0n) is 11.0. The molecule has 0 saturated heterocycles. The van der Waals surface area contributed by atoms with E-state index in [0.717, 1.165) is 17.1 Å². The maximum Gasteiger partial charge on any atom is 0.161 e. The molecule has 5 heteroatoms. The SMILES string of the molecule is Nc1ccncc1CC(N)C1COc2ccccc2O1. The molecule has 2 heterocycles. The van der Waals surface area contributed by atoms with E-state index in [0.29, 0.717) is 18.7 Å². The lowest BCUT2D eigenvalue weighted by Crippen LogP contribution is -2.46. The van der Waals surface area contributed by atoms with E-state index in [2.05, 4.69) is 4.98 Å². The number of nitrogens with two attached hydrogens (primary N) is 2. The summed E-state index contributed by atoms with van der Waals surface area (Å²) in [4.78, 5) is 4.07. The summed E-state index contributed by atoms with van der Waals surface area (Å²) in [6, 6.07) is 9.17. The predicted octanol–water partition coefficient (Wildman–Crippen LogP) is 1.37. The Balaban J connectivity index is 1.70. The molecule has 104 valence electrons. The topological polar surface area (TPSA) is 83.4 Å². The third-order valence-electron chi connectivity index (χ3n) is 3.41. The van der Waals surface area contributed by atoms with Crippen molar-refractivity contribution in [1.29, 1.82) is 0 Å². The molecular formula is C15H17N3O2. The van der Waals surface area contributed by atoms with E-state index < -0.39 is 0 Å². The first kappa shape index (κ1) is 12.7. The van der Waals surface area contributed by atoms with Gasteiger partial charge in [0.2, 0.25) is 0 Å². The Morgan fingerprint density at radius 2 is 2.05 bits per heavy atom. The van der Waals surface area contributed by atoms with Crippen LogP contribution < -0.4 is 20.9 Å². The van der Waals surface area contributed by atoms with Gasteiger partial charge in [-0.25, -0.2) is 0 Å². The van der Waals surface area contributed by atoms with Crippen molar-refractivity contribution < 1.29 is 9.47 Å². The van der Waals surface area contributed by atoms with E-state index >= 15 is 0 Å². The number of benzene rings is 1. The molecule has 1 aliphatic rings. The fourth-order valence-corrected chi connectivity index (χ4v) is 2.24. The van der Waals surface area contributed by atoms with Crippen LogP contribution in [0.2, 0.25) is 0 Å². The monoisotopic (exact) mass is 271 g/mol. The van der Waals surface area contributed by atoms with E-state index in [-0.39, 0.29) is 12.1 Å². The van der Waals surface area contributed by atoms with Crippen molar-refractivity contribution in [2.24, 2.45) is 5.73 Å². The van der Waals surface area contributed by atoms with Gasteiger partial charge in [-0.2, -0.15) is 0 Å². The smallest absolute Gasteiger partial charge is 0.161 e. The minimum Gasteiger partial charge on any atom is -0.486 e. The number of nitrogen functional groups attached to an aromatic ring is 1. The van der Waals surface area contributed by atoms with Crippen LogP contribution in [-0.2, 0) is 6.42 Å². The van der Waals surface area contributed by atoms with E-state index in [1.807, 2.05) is 24.3 Å². The van der Waals surface area contributed by atoms with Crippen LogP contribution in [0.5, 0.6) is 11.5 Å². The second-order valence-electron chi connectivity index (χ2n) is 4.86. The van der Waals surface area contributed by atoms with Gasteiger partial charge in [0.05, 0.1) is 0 Å². The average molecular weight is 271 g/mol. The lowest BCUT2D eigenvalue weighted by molar-refractivity contribution is 0.0723. The Hall–Kier alpha value is -2.27. The molecule has 3 rings (SSSR count). The Labute approximate surface area is 117 Å². The van der Waals surface area contributed by atoms with Gasteiger partial charge in [-0.1, -0.05) is 12.1 Å². The van der Waals surface area contributed by atoms with Gasteiger partial charge in [0, 0.05) is 24.1 Å². The zero-order chi connectivity index (χ0) is 13.9. The largest absolute Gasteiger partial charge is 0.486 e. The summed E-state index contributed by atoms with van der Waals surface area (Å²) < 4.78 is 11.6. The summed E-state index contributed by atoms with van der Waals surface area (Å²) in [5.41, 5.74) is 13.8. The Bertz CT molecular complexity index is 603. The molecule has 0 spiro atoms. The molecule has 5 nitrogen and oxygen atoms in total. The van der Waals surface area contributed by atoms with Gasteiger partial charge in [0.15, 0.2) is 11.5 Å². The van der Waals surface area contributed by atoms with Crippen molar-refractivity contribution in [3.63, 3.8) is 0 Å². The van der Waals surface area contributed by atoms with E-state index in [1.165, 1.54) is 0 Å². The summed E-state index contributed by atoms with van der Waals surface area (Å²) in [6.45, 7) is 0.443. The predicted molar refractivity (Wildman–Crippen MR) is 76.7 cm³/mol. The molecule has 0 bridgehead atoms. The van der Waals surface area contributed by atoms with Crippen LogP contribution in [0.3, 0.4) is 0 Å². The molecule has 1 aliphatic heterocycles. The first-order valence-electron chi connectivity index (χ1n) is 6.56.